The molecule has 0 saturated carbocycles. The van der Waals surface area contributed by atoms with Crippen molar-refractivity contribution in [2.75, 3.05) is 20.2 Å². The van der Waals surface area contributed by atoms with Crippen LogP contribution in [0.2, 0.25) is 0 Å². The smallest absolute Gasteiger partial charge is 0.123 e. The van der Waals surface area contributed by atoms with Crippen molar-refractivity contribution in [3.8, 4) is 5.75 Å². The number of hydrogen-bond donors (Lipinski definition) is 2. The molecule has 3 nitrogen and oxygen atoms in total. The highest BCUT2D eigenvalue weighted by Crippen LogP contribution is 2.16. The Balaban J connectivity index is 0.000000921. The minimum Gasteiger partial charge on any atom is -0.496 e. The third kappa shape index (κ3) is 5.40. The Hall–Kier alpha value is -1.06. The Kier molecular flexibility index (Phi) is 8.82. The molecule has 1 rings (SSSR count). The van der Waals surface area contributed by atoms with Gasteiger partial charge in [-0.15, -0.1) is 0 Å². The number of methoxy groups -OCH3 is 1. The highest BCUT2D eigenvalue weighted by atomic mass is 16.5. The van der Waals surface area contributed by atoms with Gasteiger partial charge in [-0.2, -0.15) is 0 Å². The fraction of sp³-hybridized carbons (Fsp3) is 0.500. The normalized spacial score (nSPS) is 9.07. The summed E-state index contributed by atoms with van der Waals surface area (Å²) in [6.45, 7) is 6.30. The largest absolute Gasteiger partial charge is 0.496 e. The number of para-hydroxylation sites is 1. The first kappa shape index (κ1) is 13.9. The van der Waals surface area contributed by atoms with Gasteiger partial charge >= 0.3 is 0 Å². The molecule has 1 aromatic rings. The predicted molar refractivity (Wildman–Crippen MR) is 65.1 cm³/mol. The van der Waals surface area contributed by atoms with E-state index in [1.54, 1.807) is 7.11 Å². The van der Waals surface area contributed by atoms with Crippen molar-refractivity contribution < 1.29 is 4.74 Å². The molecule has 0 saturated heterocycles. The molecule has 0 aromatic heterocycles. The average molecular weight is 210 g/mol. The summed E-state index contributed by atoms with van der Waals surface area (Å²) < 4.78 is 5.20. The summed E-state index contributed by atoms with van der Waals surface area (Å²) in [5.74, 6) is 0.923. The van der Waals surface area contributed by atoms with Gasteiger partial charge in [-0.3, -0.25) is 0 Å². The first-order chi connectivity index (χ1) is 7.38. The minimum absolute atomic E-state index is 0.662. The Morgan fingerprint density at radius 3 is 2.53 bits per heavy atom. The van der Waals surface area contributed by atoms with Gasteiger partial charge in [-0.25, -0.2) is 0 Å². The van der Waals surface area contributed by atoms with Gasteiger partial charge in [0.05, 0.1) is 7.11 Å². The molecule has 0 radical (unpaired) electrons. The Morgan fingerprint density at radius 2 is 1.93 bits per heavy atom. The van der Waals surface area contributed by atoms with E-state index < -0.39 is 0 Å². The lowest BCUT2D eigenvalue weighted by Crippen LogP contribution is -2.22. The summed E-state index contributed by atoms with van der Waals surface area (Å²) in [4.78, 5) is 0. The molecule has 86 valence electrons. The lowest BCUT2D eigenvalue weighted by Gasteiger charge is -2.08. The molecule has 0 unspecified atom stereocenters. The summed E-state index contributed by atoms with van der Waals surface area (Å²) in [7, 11) is 1.68. The van der Waals surface area contributed by atoms with E-state index in [1.807, 2.05) is 38.1 Å². The predicted octanol–water partition coefficient (Wildman–Crippen LogP) is 1.77. The standard InChI is InChI=1S/C10H16N2O.C2H6/c1-13-10-5-3-2-4-9(10)8-12-7-6-11;1-2/h2-5,12H,6-8,11H2,1H3;1-2H3. The van der Waals surface area contributed by atoms with Crippen LogP contribution in [0.3, 0.4) is 0 Å². The maximum atomic E-state index is 5.37. The van der Waals surface area contributed by atoms with Gasteiger partial charge in [-0.05, 0) is 6.07 Å². The quantitative estimate of drug-likeness (QED) is 0.728. The van der Waals surface area contributed by atoms with Crippen LogP contribution in [0.15, 0.2) is 24.3 Å². The summed E-state index contributed by atoms with van der Waals surface area (Å²) in [5, 5.41) is 3.22. The van der Waals surface area contributed by atoms with Gasteiger partial charge in [-0.1, -0.05) is 32.0 Å². The third-order valence-corrected chi connectivity index (χ3v) is 1.83. The monoisotopic (exact) mass is 210 g/mol. The molecule has 15 heavy (non-hydrogen) atoms. The molecular weight excluding hydrogens is 188 g/mol. The van der Waals surface area contributed by atoms with Crippen LogP contribution in [0.25, 0.3) is 0 Å². The highest BCUT2D eigenvalue weighted by molar-refractivity contribution is 5.32. The highest BCUT2D eigenvalue weighted by Gasteiger charge is 1.99. The van der Waals surface area contributed by atoms with E-state index in [0.717, 1.165) is 18.8 Å². The number of rotatable bonds is 5. The fourth-order valence-electron chi connectivity index (χ4n) is 1.17. The fourth-order valence-corrected chi connectivity index (χ4v) is 1.17. The molecule has 0 aliphatic carbocycles. The SMILES string of the molecule is CC.COc1ccccc1CNCCN. The Bertz CT molecular complexity index is 251. The van der Waals surface area contributed by atoms with Crippen LogP contribution < -0.4 is 15.8 Å². The summed E-state index contributed by atoms with van der Waals surface area (Å²) in [6.07, 6.45) is 0. The van der Waals surface area contributed by atoms with Crippen molar-refractivity contribution in [1.82, 2.24) is 5.32 Å². The molecule has 0 heterocycles. The second-order valence-electron chi connectivity index (χ2n) is 2.78. The van der Waals surface area contributed by atoms with Gasteiger partial charge in [0.2, 0.25) is 0 Å². The summed E-state index contributed by atoms with van der Waals surface area (Å²) in [6, 6.07) is 7.97. The van der Waals surface area contributed by atoms with Crippen molar-refractivity contribution in [1.29, 1.82) is 0 Å². The van der Waals surface area contributed by atoms with Crippen LogP contribution in [0.5, 0.6) is 5.75 Å². The molecule has 3 N–H and O–H groups in total. The molecular formula is C12H22N2O. The first-order valence-corrected chi connectivity index (χ1v) is 5.41. The zero-order valence-electron chi connectivity index (χ0n) is 9.92. The number of ether oxygens (including phenoxy) is 1. The van der Waals surface area contributed by atoms with E-state index in [0.29, 0.717) is 6.54 Å². The van der Waals surface area contributed by atoms with Crippen LogP contribution >= 0.6 is 0 Å². The van der Waals surface area contributed by atoms with E-state index in [2.05, 4.69) is 5.32 Å². The van der Waals surface area contributed by atoms with Crippen molar-refractivity contribution in [3.63, 3.8) is 0 Å². The molecule has 0 spiro atoms. The second kappa shape index (κ2) is 9.49. The lowest BCUT2D eigenvalue weighted by molar-refractivity contribution is 0.408. The van der Waals surface area contributed by atoms with Crippen LogP contribution in [0.4, 0.5) is 0 Å². The molecule has 0 bridgehead atoms. The molecule has 1 aromatic carbocycles. The van der Waals surface area contributed by atoms with Crippen molar-refractivity contribution in [3.05, 3.63) is 29.8 Å². The van der Waals surface area contributed by atoms with Crippen LogP contribution in [0, 0.1) is 0 Å². The van der Waals surface area contributed by atoms with E-state index in [9.17, 15) is 0 Å². The maximum Gasteiger partial charge on any atom is 0.123 e. The molecule has 0 aliphatic heterocycles. The lowest BCUT2D eigenvalue weighted by atomic mass is 10.2. The molecule has 3 heteroatoms. The molecule has 0 fully saturated rings. The third-order valence-electron chi connectivity index (χ3n) is 1.83. The maximum absolute atomic E-state index is 5.37. The topological polar surface area (TPSA) is 47.3 Å². The average Bonchev–Trinajstić information content (AvgIpc) is 2.33. The van der Waals surface area contributed by atoms with E-state index in [4.69, 9.17) is 10.5 Å². The number of nitrogens with two attached hydrogens (primary N) is 1. The number of nitrogens with one attached hydrogen (secondary N) is 1. The van der Waals surface area contributed by atoms with E-state index in [-0.39, 0.29) is 0 Å². The van der Waals surface area contributed by atoms with Gasteiger partial charge in [0, 0.05) is 25.2 Å². The van der Waals surface area contributed by atoms with Crippen molar-refractivity contribution in [2.45, 2.75) is 20.4 Å². The molecule has 0 aliphatic rings. The van der Waals surface area contributed by atoms with Crippen LogP contribution in [0.1, 0.15) is 19.4 Å². The Labute approximate surface area is 92.6 Å². The summed E-state index contributed by atoms with van der Waals surface area (Å²) >= 11 is 0. The zero-order valence-corrected chi connectivity index (χ0v) is 9.92. The zero-order chi connectivity index (χ0) is 11.5. The first-order valence-electron chi connectivity index (χ1n) is 5.41. The van der Waals surface area contributed by atoms with Crippen molar-refractivity contribution in [2.24, 2.45) is 5.73 Å². The van der Waals surface area contributed by atoms with Gasteiger partial charge in [0.1, 0.15) is 5.75 Å². The minimum atomic E-state index is 0.662. The van der Waals surface area contributed by atoms with Gasteiger partial charge in [0.25, 0.3) is 0 Å². The molecule has 0 atom stereocenters. The number of benzene rings is 1. The van der Waals surface area contributed by atoms with Crippen molar-refractivity contribution >= 4 is 0 Å². The van der Waals surface area contributed by atoms with E-state index >= 15 is 0 Å². The van der Waals surface area contributed by atoms with Gasteiger partial charge < -0.3 is 15.8 Å². The van der Waals surface area contributed by atoms with Crippen LogP contribution in [-0.4, -0.2) is 20.2 Å². The molecule has 0 amide bonds. The second-order valence-corrected chi connectivity index (χ2v) is 2.78. The summed E-state index contributed by atoms with van der Waals surface area (Å²) in [5.41, 5.74) is 6.53. The Morgan fingerprint density at radius 1 is 1.27 bits per heavy atom. The number of hydrogen-bond acceptors (Lipinski definition) is 3. The van der Waals surface area contributed by atoms with Crippen LogP contribution in [-0.2, 0) is 6.54 Å². The van der Waals surface area contributed by atoms with Gasteiger partial charge in [0.15, 0.2) is 0 Å². The van der Waals surface area contributed by atoms with E-state index in [1.165, 1.54) is 5.56 Å².